The molecule has 0 saturated carbocycles. The molecule has 0 radical (unpaired) electrons. The highest BCUT2D eigenvalue weighted by molar-refractivity contribution is 5.95. The van der Waals surface area contributed by atoms with Gasteiger partial charge in [0, 0.05) is 18.6 Å². The lowest BCUT2D eigenvalue weighted by Crippen LogP contribution is -2.48. The van der Waals surface area contributed by atoms with E-state index in [1.165, 1.54) is 12.8 Å². The number of nitrogens with zero attached hydrogens (tertiary/aromatic N) is 1. The van der Waals surface area contributed by atoms with E-state index in [9.17, 15) is 9.59 Å². The van der Waals surface area contributed by atoms with Gasteiger partial charge in [0.1, 0.15) is 0 Å². The number of nitrogens with one attached hydrogen (secondary N) is 3. The van der Waals surface area contributed by atoms with Crippen LogP contribution in [0.15, 0.2) is 0 Å². The summed E-state index contributed by atoms with van der Waals surface area (Å²) >= 11 is 0. The molecule has 19 heavy (non-hydrogen) atoms. The molecule has 1 aliphatic rings. The van der Waals surface area contributed by atoms with Gasteiger partial charge in [-0.15, -0.1) is 0 Å². The zero-order valence-electron chi connectivity index (χ0n) is 12.2. The highest BCUT2D eigenvalue weighted by atomic mass is 16.2. The Morgan fingerprint density at radius 1 is 1.37 bits per heavy atom. The third-order valence-corrected chi connectivity index (χ3v) is 3.03. The van der Waals surface area contributed by atoms with Crippen molar-refractivity contribution < 1.29 is 9.59 Å². The fourth-order valence-electron chi connectivity index (χ4n) is 2.23. The Morgan fingerprint density at radius 3 is 2.68 bits per heavy atom. The van der Waals surface area contributed by atoms with Crippen LogP contribution in [-0.4, -0.2) is 55.6 Å². The van der Waals surface area contributed by atoms with E-state index in [0.29, 0.717) is 6.04 Å². The average Bonchev–Trinajstić information content (AvgIpc) is 2.28. The normalized spacial score (nSPS) is 19.5. The molecule has 0 aromatic rings. The van der Waals surface area contributed by atoms with E-state index in [1.807, 2.05) is 25.8 Å². The van der Waals surface area contributed by atoms with E-state index < -0.39 is 6.03 Å². The fraction of sp³-hybridized carbons (Fsp3) is 0.846. The molecule has 6 nitrogen and oxygen atoms in total. The Labute approximate surface area is 115 Å². The van der Waals surface area contributed by atoms with Crippen molar-refractivity contribution in [2.24, 2.45) is 0 Å². The molecule has 1 heterocycles. The van der Waals surface area contributed by atoms with Crippen molar-refractivity contribution >= 4 is 11.9 Å². The zero-order chi connectivity index (χ0) is 14.3. The van der Waals surface area contributed by atoms with E-state index >= 15 is 0 Å². The molecular formula is C13H26N4O2. The molecule has 110 valence electrons. The van der Waals surface area contributed by atoms with Gasteiger partial charge in [0.25, 0.3) is 0 Å². The van der Waals surface area contributed by atoms with E-state index in [2.05, 4.69) is 16.0 Å². The summed E-state index contributed by atoms with van der Waals surface area (Å²) in [7, 11) is 1.90. The monoisotopic (exact) mass is 270 g/mol. The Morgan fingerprint density at radius 2 is 2.11 bits per heavy atom. The molecule has 1 unspecified atom stereocenters. The van der Waals surface area contributed by atoms with Gasteiger partial charge < -0.3 is 10.6 Å². The predicted molar refractivity (Wildman–Crippen MR) is 74.9 cm³/mol. The minimum atomic E-state index is -0.427. The maximum absolute atomic E-state index is 11.7. The SMILES string of the molecule is CC(C)NC(=O)NC(=O)CN(C)CC1CCCCN1. The quantitative estimate of drug-likeness (QED) is 0.671. The van der Waals surface area contributed by atoms with Crippen molar-refractivity contribution in [2.45, 2.75) is 45.2 Å². The maximum atomic E-state index is 11.7. The Balaban J connectivity index is 2.21. The van der Waals surface area contributed by atoms with Gasteiger partial charge >= 0.3 is 6.03 Å². The van der Waals surface area contributed by atoms with Crippen LogP contribution >= 0.6 is 0 Å². The summed E-state index contributed by atoms with van der Waals surface area (Å²) in [4.78, 5) is 25.0. The topological polar surface area (TPSA) is 73.5 Å². The number of carbonyl (C=O) groups excluding carboxylic acids is 2. The lowest BCUT2D eigenvalue weighted by atomic mass is 10.0. The van der Waals surface area contributed by atoms with Crippen LogP contribution in [0.2, 0.25) is 0 Å². The van der Waals surface area contributed by atoms with Crippen LogP contribution in [0.3, 0.4) is 0 Å². The maximum Gasteiger partial charge on any atom is 0.321 e. The van der Waals surface area contributed by atoms with E-state index in [0.717, 1.165) is 19.5 Å². The van der Waals surface area contributed by atoms with Crippen LogP contribution < -0.4 is 16.0 Å². The second kappa shape index (κ2) is 8.12. The molecule has 1 atom stereocenters. The predicted octanol–water partition coefficient (Wildman–Crippen LogP) is 0.295. The summed E-state index contributed by atoms with van der Waals surface area (Å²) in [6.07, 6.45) is 3.63. The molecule has 3 N–H and O–H groups in total. The number of likely N-dealkylation sites (N-methyl/N-ethyl adjacent to an activating group) is 1. The van der Waals surface area contributed by atoms with Crippen LogP contribution in [0, 0.1) is 0 Å². The number of imide groups is 1. The first kappa shape index (κ1) is 15.9. The minimum absolute atomic E-state index is 0.0250. The molecule has 0 aromatic heterocycles. The number of piperidine rings is 1. The van der Waals surface area contributed by atoms with Crippen molar-refractivity contribution in [3.05, 3.63) is 0 Å². The third kappa shape index (κ3) is 7.12. The van der Waals surface area contributed by atoms with Crippen LogP contribution in [0.25, 0.3) is 0 Å². The average molecular weight is 270 g/mol. The lowest BCUT2D eigenvalue weighted by molar-refractivity contribution is -0.120. The molecule has 0 spiro atoms. The van der Waals surface area contributed by atoms with E-state index in [4.69, 9.17) is 0 Å². The highest BCUT2D eigenvalue weighted by Gasteiger charge is 2.17. The number of hydrogen-bond acceptors (Lipinski definition) is 4. The van der Waals surface area contributed by atoms with Crippen molar-refractivity contribution in [3.63, 3.8) is 0 Å². The third-order valence-electron chi connectivity index (χ3n) is 3.03. The summed E-state index contributed by atoms with van der Waals surface area (Å²) in [5.74, 6) is -0.267. The van der Waals surface area contributed by atoms with Crippen LogP contribution in [-0.2, 0) is 4.79 Å². The standard InChI is InChI=1S/C13H26N4O2/c1-10(2)15-13(19)16-12(18)9-17(3)8-11-6-4-5-7-14-11/h10-11,14H,4-9H2,1-3H3,(H2,15,16,18,19). The van der Waals surface area contributed by atoms with E-state index in [1.54, 1.807) is 0 Å². The minimum Gasteiger partial charge on any atom is -0.336 e. The second-order valence-electron chi connectivity index (χ2n) is 5.52. The van der Waals surface area contributed by atoms with Gasteiger partial charge in [-0.2, -0.15) is 0 Å². The molecule has 1 saturated heterocycles. The van der Waals surface area contributed by atoms with Crippen molar-refractivity contribution in [1.82, 2.24) is 20.9 Å². The zero-order valence-corrected chi connectivity index (χ0v) is 12.2. The Kier molecular flexibility index (Phi) is 6.80. The molecule has 1 rings (SSSR count). The largest absolute Gasteiger partial charge is 0.336 e. The van der Waals surface area contributed by atoms with Gasteiger partial charge in [-0.1, -0.05) is 6.42 Å². The molecule has 0 bridgehead atoms. The van der Waals surface area contributed by atoms with Gasteiger partial charge in [0.15, 0.2) is 0 Å². The number of hydrogen-bond donors (Lipinski definition) is 3. The molecule has 0 aromatic carbocycles. The van der Waals surface area contributed by atoms with Crippen LogP contribution in [0.4, 0.5) is 4.79 Å². The number of amides is 3. The van der Waals surface area contributed by atoms with Crippen LogP contribution in [0.5, 0.6) is 0 Å². The fourth-order valence-corrected chi connectivity index (χ4v) is 2.23. The van der Waals surface area contributed by atoms with Gasteiger partial charge in [-0.3, -0.25) is 15.0 Å². The highest BCUT2D eigenvalue weighted by Crippen LogP contribution is 2.07. The van der Waals surface area contributed by atoms with Gasteiger partial charge in [-0.25, -0.2) is 4.79 Å². The number of urea groups is 1. The molecule has 1 aliphatic heterocycles. The van der Waals surface area contributed by atoms with Gasteiger partial charge in [-0.05, 0) is 40.3 Å². The molecular weight excluding hydrogens is 244 g/mol. The first-order chi connectivity index (χ1) is 8.97. The summed E-state index contributed by atoms with van der Waals surface area (Å²) in [6.45, 7) is 5.83. The Bertz CT molecular complexity index is 301. The molecule has 3 amide bonds. The first-order valence-electron chi connectivity index (χ1n) is 6.99. The lowest BCUT2D eigenvalue weighted by Gasteiger charge is -2.27. The number of carbonyl (C=O) groups is 2. The first-order valence-corrected chi connectivity index (χ1v) is 6.99. The Hall–Kier alpha value is -1.14. The second-order valence-corrected chi connectivity index (χ2v) is 5.52. The molecule has 6 heteroatoms. The summed E-state index contributed by atoms with van der Waals surface area (Å²) in [6, 6.07) is 0.0530. The molecule has 1 fully saturated rings. The summed E-state index contributed by atoms with van der Waals surface area (Å²) in [5, 5.41) is 8.39. The summed E-state index contributed by atoms with van der Waals surface area (Å²) in [5.41, 5.74) is 0. The van der Waals surface area contributed by atoms with Crippen molar-refractivity contribution in [1.29, 1.82) is 0 Å². The molecule has 0 aliphatic carbocycles. The van der Waals surface area contributed by atoms with Crippen molar-refractivity contribution in [2.75, 3.05) is 26.7 Å². The summed E-state index contributed by atoms with van der Waals surface area (Å²) < 4.78 is 0. The van der Waals surface area contributed by atoms with Gasteiger partial charge in [0.05, 0.1) is 6.54 Å². The smallest absolute Gasteiger partial charge is 0.321 e. The van der Waals surface area contributed by atoms with Crippen LogP contribution in [0.1, 0.15) is 33.1 Å². The van der Waals surface area contributed by atoms with Crippen molar-refractivity contribution in [3.8, 4) is 0 Å². The van der Waals surface area contributed by atoms with Gasteiger partial charge in [0.2, 0.25) is 5.91 Å². The van der Waals surface area contributed by atoms with E-state index in [-0.39, 0.29) is 18.5 Å². The number of rotatable bonds is 5.